The first-order valence-corrected chi connectivity index (χ1v) is 14.8. The third-order valence-corrected chi connectivity index (χ3v) is 8.86. The van der Waals surface area contributed by atoms with Crippen LogP contribution in [0.25, 0.3) is 71.7 Å². The van der Waals surface area contributed by atoms with Crippen LogP contribution < -0.4 is 9.86 Å². The summed E-state index contributed by atoms with van der Waals surface area (Å²) < 4.78 is 62.7. The Morgan fingerprint density at radius 1 is 0.953 bits per heavy atom. The number of fused-ring (bicyclic) bond motifs is 10. The third kappa shape index (κ3) is 3.64. The van der Waals surface area contributed by atoms with Crippen molar-refractivity contribution in [3.05, 3.63) is 89.0 Å². The van der Waals surface area contributed by atoms with E-state index in [4.69, 9.17) is 9.40 Å². The molecule has 0 unspecified atom stereocenters. The van der Waals surface area contributed by atoms with Gasteiger partial charge in [0.1, 0.15) is 23.5 Å². The van der Waals surface area contributed by atoms with Gasteiger partial charge in [-0.2, -0.15) is 4.98 Å². The first kappa shape index (κ1) is 25.3. The summed E-state index contributed by atoms with van der Waals surface area (Å²) in [5, 5.41) is 1.35. The highest BCUT2D eigenvalue weighted by molar-refractivity contribution is 7.92. The van der Waals surface area contributed by atoms with Crippen LogP contribution in [0.2, 0.25) is 0 Å². The molecule has 0 saturated carbocycles. The summed E-state index contributed by atoms with van der Waals surface area (Å²) >= 11 is 0. The van der Waals surface area contributed by atoms with Gasteiger partial charge in [-0.3, -0.25) is 13.5 Å². The number of hydrogen-bond donors (Lipinski definition) is 1. The van der Waals surface area contributed by atoms with Gasteiger partial charge in [-0.15, -0.1) is 0 Å². The number of benzene rings is 2. The summed E-state index contributed by atoms with van der Waals surface area (Å²) in [4.78, 5) is 29.8. The van der Waals surface area contributed by atoms with E-state index in [1.807, 2.05) is 0 Å². The maximum Gasteiger partial charge on any atom is 0.260 e. The van der Waals surface area contributed by atoms with Crippen LogP contribution in [0.15, 0.2) is 76.2 Å². The number of pyridine rings is 3. The number of furan rings is 1. The topological polar surface area (TPSA) is 126 Å². The van der Waals surface area contributed by atoms with Crippen LogP contribution in [0.4, 0.5) is 14.6 Å². The fourth-order valence-electron chi connectivity index (χ4n) is 5.55. The standard InChI is InChI=1S/C30H18F2N6O4S/c1-37(43(2,40)41)28-17(11-18-25-27(42-30(18)36-28)15-7-6-14(31)10-22(15)35-29(25)39)20-8-9-21-26(34-20)24-12-16-19(32)4-3-5-23(16)38(24)13-33-21/h3-13H,1-2H3,(H,35,39). The predicted molar refractivity (Wildman–Crippen MR) is 160 cm³/mol. The Labute approximate surface area is 239 Å². The lowest BCUT2D eigenvalue weighted by atomic mass is 10.1. The van der Waals surface area contributed by atoms with E-state index in [2.05, 4.69) is 15.0 Å². The van der Waals surface area contributed by atoms with E-state index in [9.17, 15) is 22.0 Å². The number of anilines is 1. The second kappa shape index (κ2) is 8.55. The minimum atomic E-state index is -3.80. The third-order valence-electron chi connectivity index (χ3n) is 7.69. The lowest BCUT2D eigenvalue weighted by Crippen LogP contribution is -2.26. The number of H-pyrrole nitrogens is 1. The van der Waals surface area contributed by atoms with Crippen molar-refractivity contribution in [2.45, 2.75) is 0 Å². The van der Waals surface area contributed by atoms with Gasteiger partial charge in [-0.25, -0.2) is 27.2 Å². The number of sulfonamides is 1. The highest BCUT2D eigenvalue weighted by atomic mass is 32.2. The molecule has 0 aliphatic rings. The Hall–Kier alpha value is -5.43. The number of hydrogen-bond acceptors (Lipinski definition) is 7. The average molecular weight is 597 g/mol. The van der Waals surface area contributed by atoms with E-state index in [1.165, 1.54) is 31.3 Å². The van der Waals surface area contributed by atoms with Gasteiger partial charge in [-0.1, -0.05) is 6.07 Å². The fraction of sp³-hybridized carbons (Fsp3) is 0.0667. The summed E-state index contributed by atoms with van der Waals surface area (Å²) in [5.74, 6) is -0.899. The molecule has 43 heavy (non-hydrogen) atoms. The number of nitrogens with one attached hydrogen (secondary N) is 1. The highest BCUT2D eigenvalue weighted by Crippen LogP contribution is 2.38. The molecule has 0 bridgehead atoms. The van der Waals surface area contributed by atoms with Gasteiger partial charge in [0.15, 0.2) is 11.4 Å². The van der Waals surface area contributed by atoms with Crippen LogP contribution in [0.3, 0.4) is 0 Å². The average Bonchev–Trinajstić information content (AvgIpc) is 3.55. The first-order valence-electron chi connectivity index (χ1n) is 13.0. The monoisotopic (exact) mass is 596 g/mol. The zero-order valence-corrected chi connectivity index (χ0v) is 23.2. The number of aromatic nitrogens is 5. The van der Waals surface area contributed by atoms with E-state index in [1.54, 1.807) is 47.1 Å². The maximum absolute atomic E-state index is 14.6. The van der Waals surface area contributed by atoms with Gasteiger partial charge in [-0.05, 0) is 54.6 Å². The van der Waals surface area contributed by atoms with Gasteiger partial charge >= 0.3 is 0 Å². The van der Waals surface area contributed by atoms with Crippen molar-refractivity contribution >= 4 is 76.3 Å². The van der Waals surface area contributed by atoms with Gasteiger partial charge in [0.05, 0.1) is 44.8 Å². The molecule has 0 aliphatic heterocycles. The van der Waals surface area contributed by atoms with Crippen molar-refractivity contribution in [2.75, 3.05) is 17.6 Å². The zero-order chi connectivity index (χ0) is 29.8. The molecule has 6 aromatic heterocycles. The zero-order valence-electron chi connectivity index (χ0n) is 22.4. The van der Waals surface area contributed by atoms with Crippen LogP contribution >= 0.6 is 0 Å². The van der Waals surface area contributed by atoms with Crippen LogP contribution in [0.1, 0.15) is 0 Å². The summed E-state index contributed by atoms with van der Waals surface area (Å²) in [7, 11) is -2.45. The quantitative estimate of drug-likeness (QED) is 0.285. The van der Waals surface area contributed by atoms with Crippen molar-refractivity contribution < 1.29 is 21.6 Å². The van der Waals surface area contributed by atoms with Crippen molar-refractivity contribution in [3.63, 3.8) is 0 Å². The van der Waals surface area contributed by atoms with E-state index in [0.29, 0.717) is 49.5 Å². The number of nitrogens with zero attached hydrogens (tertiary/aromatic N) is 5. The fourth-order valence-corrected chi connectivity index (χ4v) is 6.01. The molecule has 8 rings (SSSR count). The van der Waals surface area contributed by atoms with Crippen LogP contribution in [0.5, 0.6) is 0 Å². The van der Waals surface area contributed by atoms with Gasteiger partial charge in [0, 0.05) is 23.4 Å². The molecule has 212 valence electrons. The largest absolute Gasteiger partial charge is 0.437 e. The number of aromatic amines is 1. The molecule has 6 heterocycles. The summed E-state index contributed by atoms with van der Waals surface area (Å²) in [6, 6.07) is 15.4. The van der Waals surface area contributed by atoms with Crippen LogP contribution in [-0.4, -0.2) is 46.1 Å². The second-order valence-corrected chi connectivity index (χ2v) is 12.3. The Bertz CT molecular complexity index is 2680. The molecular weight excluding hydrogens is 578 g/mol. The van der Waals surface area contributed by atoms with E-state index in [0.717, 1.165) is 10.6 Å². The molecule has 0 atom stereocenters. The minimum Gasteiger partial charge on any atom is -0.437 e. The summed E-state index contributed by atoms with van der Waals surface area (Å²) in [5.41, 5.74) is 2.76. The first-order chi connectivity index (χ1) is 20.6. The molecule has 8 aromatic rings. The molecule has 0 aliphatic carbocycles. The molecule has 0 radical (unpaired) electrons. The maximum atomic E-state index is 14.6. The molecule has 10 nitrogen and oxygen atoms in total. The van der Waals surface area contributed by atoms with Crippen molar-refractivity contribution in [1.29, 1.82) is 0 Å². The predicted octanol–water partition coefficient (Wildman–Crippen LogP) is 5.51. The van der Waals surface area contributed by atoms with Gasteiger partial charge in [0.25, 0.3) is 5.56 Å². The van der Waals surface area contributed by atoms with Crippen molar-refractivity contribution in [2.24, 2.45) is 0 Å². The minimum absolute atomic E-state index is 0.0131. The number of halogens is 2. The van der Waals surface area contributed by atoms with Gasteiger partial charge < -0.3 is 9.40 Å². The SMILES string of the molecule is CN(c1nc2oc3c4ccc(F)cc4[nH]c(=O)c3c2cc1-c1ccc2ncn3c4cccc(F)c4cc3c2n1)S(C)(=O)=O. The smallest absolute Gasteiger partial charge is 0.260 e. The normalized spacial score (nSPS) is 12.5. The van der Waals surface area contributed by atoms with Crippen molar-refractivity contribution in [1.82, 2.24) is 24.3 Å². The molecule has 0 fully saturated rings. The lowest BCUT2D eigenvalue weighted by Gasteiger charge is -2.19. The molecule has 0 spiro atoms. The molecule has 2 aromatic carbocycles. The highest BCUT2D eigenvalue weighted by Gasteiger charge is 2.25. The summed E-state index contributed by atoms with van der Waals surface area (Å²) in [6.07, 6.45) is 2.63. The molecule has 0 saturated heterocycles. The Morgan fingerprint density at radius 3 is 2.60 bits per heavy atom. The van der Waals surface area contributed by atoms with Crippen LogP contribution in [0, 0.1) is 11.6 Å². The second-order valence-electron chi connectivity index (χ2n) is 10.3. The molecule has 13 heteroatoms. The summed E-state index contributed by atoms with van der Waals surface area (Å²) in [6.45, 7) is 0. The Balaban J connectivity index is 1.47. The molecule has 0 amide bonds. The molecular formula is C30H18F2N6O4S. The van der Waals surface area contributed by atoms with E-state index >= 15 is 0 Å². The van der Waals surface area contributed by atoms with Gasteiger partial charge in [0.2, 0.25) is 15.7 Å². The van der Waals surface area contributed by atoms with E-state index in [-0.39, 0.29) is 33.8 Å². The molecule has 1 N–H and O–H groups in total. The van der Waals surface area contributed by atoms with E-state index < -0.39 is 21.4 Å². The number of rotatable bonds is 3. The van der Waals surface area contributed by atoms with Crippen LogP contribution in [-0.2, 0) is 10.0 Å². The van der Waals surface area contributed by atoms with Crippen molar-refractivity contribution in [3.8, 4) is 11.3 Å². The Kier molecular flexibility index (Phi) is 5.03. The lowest BCUT2D eigenvalue weighted by molar-refractivity contribution is 0.599. The Morgan fingerprint density at radius 2 is 1.79 bits per heavy atom.